The van der Waals surface area contributed by atoms with Gasteiger partial charge in [0.15, 0.2) is 0 Å². The quantitative estimate of drug-likeness (QED) is 0.860. The summed E-state index contributed by atoms with van der Waals surface area (Å²) in [6.45, 7) is 5.45. The van der Waals surface area contributed by atoms with Gasteiger partial charge in [0.1, 0.15) is 0 Å². The molecule has 0 heterocycles. The monoisotopic (exact) mass is 247 g/mol. The summed E-state index contributed by atoms with van der Waals surface area (Å²) in [5.74, 6) is 0. The molecule has 0 unspecified atom stereocenters. The van der Waals surface area contributed by atoms with Gasteiger partial charge in [0, 0.05) is 18.8 Å². The fraction of sp³-hybridized carbons (Fsp3) is 0.625. The molecule has 1 aliphatic carbocycles. The minimum Gasteiger partial charge on any atom is -0.382 e. The highest BCUT2D eigenvalue weighted by molar-refractivity contribution is 5.45. The summed E-state index contributed by atoms with van der Waals surface area (Å²) in [6.07, 6.45) is 5.22. The zero-order chi connectivity index (χ0) is 13.0. The molecule has 2 nitrogen and oxygen atoms in total. The first kappa shape index (κ1) is 13.4. The summed E-state index contributed by atoms with van der Waals surface area (Å²) in [5, 5.41) is 3.65. The zero-order valence-corrected chi connectivity index (χ0v) is 11.8. The third-order valence-electron chi connectivity index (χ3n) is 3.97. The van der Waals surface area contributed by atoms with Crippen LogP contribution in [0.1, 0.15) is 45.1 Å². The van der Waals surface area contributed by atoms with Crippen LogP contribution in [0.5, 0.6) is 0 Å². The van der Waals surface area contributed by atoms with Gasteiger partial charge >= 0.3 is 0 Å². The molecule has 1 N–H and O–H groups in total. The number of hydrogen-bond acceptors (Lipinski definition) is 2. The Labute approximate surface area is 111 Å². The Morgan fingerprint density at radius 2 is 1.78 bits per heavy atom. The highest BCUT2D eigenvalue weighted by atomic mass is 16.5. The molecule has 0 bridgehead atoms. The summed E-state index contributed by atoms with van der Waals surface area (Å²) in [7, 11) is 1.73. The first-order chi connectivity index (χ1) is 8.59. The average Bonchev–Trinajstić information content (AvgIpc) is 2.35. The van der Waals surface area contributed by atoms with E-state index in [9.17, 15) is 0 Å². The molecule has 1 aromatic carbocycles. The van der Waals surface area contributed by atoms with Crippen molar-refractivity contribution in [3.05, 3.63) is 29.8 Å². The fourth-order valence-electron chi connectivity index (χ4n) is 2.64. The summed E-state index contributed by atoms with van der Waals surface area (Å²) in [4.78, 5) is 0. The van der Waals surface area contributed by atoms with E-state index in [0.717, 1.165) is 0 Å². The lowest BCUT2D eigenvalue weighted by molar-refractivity contribution is 0.185. The van der Waals surface area contributed by atoms with Gasteiger partial charge in [0.2, 0.25) is 0 Å². The second-order valence-corrected chi connectivity index (χ2v) is 6.21. The van der Waals surface area contributed by atoms with Crippen LogP contribution in [0.2, 0.25) is 0 Å². The molecule has 0 aromatic heterocycles. The third kappa shape index (κ3) is 3.74. The van der Waals surface area contributed by atoms with E-state index in [1.54, 1.807) is 7.11 Å². The van der Waals surface area contributed by atoms with Crippen molar-refractivity contribution in [1.29, 1.82) is 0 Å². The molecule has 1 aliphatic rings. The molecule has 0 amide bonds. The van der Waals surface area contributed by atoms with E-state index in [4.69, 9.17) is 4.74 Å². The average molecular weight is 247 g/mol. The molecule has 1 aromatic rings. The molecule has 0 spiro atoms. The van der Waals surface area contributed by atoms with Crippen LogP contribution in [0.15, 0.2) is 24.3 Å². The van der Waals surface area contributed by atoms with Crippen LogP contribution in [0.4, 0.5) is 5.69 Å². The first-order valence-electron chi connectivity index (χ1n) is 6.93. The van der Waals surface area contributed by atoms with Gasteiger partial charge in [-0.05, 0) is 48.8 Å². The van der Waals surface area contributed by atoms with Crippen molar-refractivity contribution < 1.29 is 4.74 Å². The molecule has 0 saturated heterocycles. The van der Waals surface area contributed by atoms with Crippen molar-refractivity contribution in [3.8, 4) is 0 Å². The van der Waals surface area contributed by atoms with Gasteiger partial charge in [-0.3, -0.25) is 0 Å². The van der Waals surface area contributed by atoms with Gasteiger partial charge in [-0.15, -0.1) is 0 Å². The van der Waals surface area contributed by atoms with Gasteiger partial charge in [-0.2, -0.15) is 0 Å². The summed E-state index contributed by atoms with van der Waals surface area (Å²) in [5.41, 5.74) is 3.01. The summed E-state index contributed by atoms with van der Waals surface area (Å²) >= 11 is 0. The molecule has 1 fully saturated rings. The van der Waals surface area contributed by atoms with Gasteiger partial charge in [0.05, 0.1) is 6.61 Å². The first-order valence-corrected chi connectivity index (χ1v) is 6.93. The molecule has 0 radical (unpaired) electrons. The van der Waals surface area contributed by atoms with E-state index in [-0.39, 0.29) is 0 Å². The normalized spacial score (nSPS) is 19.7. The fourth-order valence-corrected chi connectivity index (χ4v) is 2.64. The zero-order valence-electron chi connectivity index (χ0n) is 11.8. The van der Waals surface area contributed by atoms with Gasteiger partial charge in [-0.25, -0.2) is 0 Å². The Balaban J connectivity index is 1.86. The molecule has 2 heteroatoms. The van der Waals surface area contributed by atoms with Crippen LogP contribution >= 0.6 is 0 Å². The lowest BCUT2D eigenvalue weighted by atomic mass is 9.75. The number of hydrogen-bond donors (Lipinski definition) is 1. The smallest absolute Gasteiger partial charge is 0.0713 e. The minimum absolute atomic E-state index is 0.542. The number of rotatable bonds is 4. The predicted octanol–water partition coefficient (Wildman–Crippen LogP) is 4.21. The Hall–Kier alpha value is -1.02. The number of nitrogens with one attached hydrogen (secondary N) is 1. The maximum atomic E-state index is 5.12. The highest BCUT2D eigenvalue weighted by Gasteiger charge is 2.26. The van der Waals surface area contributed by atoms with E-state index >= 15 is 0 Å². The van der Waals surface area contributed by atoms with Crippen LogP contribution in [0.25, 0.3) is 0 Å². The van der Waals surface area contributed by atoms with E-state index < -0.39 is 0 Å². The van der Waals surface area contributed by atoms with Gasteiger partial charge in [0.25, 0.3) is 0 Å². The van der Waals surface area contributed by atoms with Crippen LogP contribution in [-0.2, 0) is 11.3 Å². The molecule has 2 rings (SSSR count). The Kier molecular flexibility index (Phi) is 4.28. The second kappa shape index (κ2) is 5.75. The van der Waals surface area contributed by atoms with Gasteiger partial charge in [-0.1, -0.05) is 26.0 Å². The predicted molar refractivity (Wildman–Crippen MR) is 76.8 cm³/mol. The second-order valence-electron chi connectivity index (χ2n) is 6.21. The topological polar surface area (TPSA) is 21.3 Å². The van der Waals surface area contributed by atoms with Crippen LogP contribution < -0.4 is 5.32 Å². The summed E-state index contributed by atoms with van der Waals surface area (Å²) < 4.78 is 5.12. The number of ether oxygens (including phenoxy) is 1. The van der Waals surface area contributed by atoms with E-state index in [1.807, 2.05) is 0 Å². The van der Waals surface area contributed by atoms with E-state index in [0.29, 0.717) is 18.1 Å². The maximum absolute atomic E-state index is 5.12. The van der Waals surface area contributed by atoms with Crippen molar-refractivity contribution in [2.24, 2.45) is 5.41 Å². The molecular formula is C16H25NO. The number of anilines is 1. The minimum atomic E-state index is 0.542. The third-order valence-corrected chi connectivity index (χ3v) is 3.97. The number of benzene rings is 1. The largest absolute Gasteiger partial charge is 0.382 e. The van der Waals surface area contributed by atoms with Crippen LogP contribution in [-0.4, -0.2) is 13.2 Å². The Bertz CT molecular complexity index is 359. The lowest BCUT2D eigenvalue weighted by Crippen LogP contribution is -2.29. The number of methoxy groups -OCH3 is 1. The van der Waals surface area contributed by atoms with Crippen molar-refractivity contribution in [1.82, 2.24) is 0 Å². The molecule has 18 heavy (non-hydrogen) atoms. The molecule has 100 valence electrons. The van der Waals surface area contributed by atoms with Crippen molar-refractivity contribution in [2.75, 3.05) is 12.4 Å². The highest BCUT2D eigenvalue weighted by Crippen LogP contribution is 2.36. The maximum Gasteiger partial charge on any atom is 0.0713 e. The van der Waals surface area contributed by atoms with E-state index in [2.05, 4.69) is 43.4 Å². The molecule has 0 atom stereocenters. The van der Waals surface area contributed by atoms with Crippen molar-refractivity contribution >= 4 is 5.69 Å². The van der Waals surface area contributed by atoms with Crippen LogP contribution in [0, 0.1) is 5.41 Å². The van der Waals surface area contributed by atoms with Crippen LogP contribution in [0.3, 0.4) is 0 Å². The summed E-state index contributed by atoms with van der Waals surface area (Å²) in [6, 6.07) is 9.24. The lowest BCUT2D eigenvalue weighted by Gasteiger charge is -2.35. The Morgan fingerprint density at radius 3 is 2.33 bits per heavy atom. The van der Waals surface area contributed by atoms with E-state index in [1.165, 1.54) is 36.9 Å². The molecular weight excluding hydrogens is 222 g/mol. The molecule has 0 aliphatic heterocycles. The van der Waals surface area contributed by atoms with Crippen molar-refractivity contribution in [3.63, 3.8) is 0 Å². The molecule has 1 saturated carbocycles. The van der Waals surface area contributed by atoms with Crippen molar-refractivity contribution in [2.45, 2.75) is 52.2 Å². The standard InChI is InChI=1S/C16H25NO/c1-16(2)10-8-15(9-11-16)17-14-6-4-13(5-7-14)12-18-3/h4-7,15,17H,8-12H2,1-3H3. The Morgan fingerprint density at radius 1 is 1.17 bits per heavy atom. The SMILES string of the molecule is COCc1ccc(NC2CCC(C)(C)CC2)cc1. The van der Waals surface area contributed by atoms with Gasteiger partial charge < -0.3 is 10.1 Å².